The molecule has 4 nitrogen and oxygen atoms in total. The topological polar surface area (TPSA) is 24.9 Å². The first kappa shape index (κ1) is 18.1. The fourth-order valence-electron chi connectivity index (χ4n) is 3.44. The molecule has 0 aromatic heterocycles. The monoisotopic (exact) mass is 320 g/mol. The third-order valence-electron chi connectivity index (χ3n) is 4.80. The molecule has 0 radical (unpaired) electrons. The van der Waals surface area contributed by atoms with Crippen LogP contribution in [0.2, 0.25) is 0 Å². The van der Waals surface area contributed by atoms with Crippen LogP contribution >= 0.6 is 0 Å². The molecule has 4 heteroatoms. The van der Waals surface area contributed by atoms with Gasteiger partial charge in [-0.2, -0.15) is 0 Å². The highest BCUT2D eigenvalue weighted by Crippen LogP contribution is 2.28. The fraction of sp³-hybridized carbons (Fsp3) is 0.684. The second-order valence-corrected chi connectivity index (χ2v) is 6.20. The van der Waals surface area contributed by atoms with Crippen molar-refractivity contribution in [1.82, 2.24) is 9.80 Å². The summed E-state index contributed by atoms with van der Waals surface area (Å²) in [7, 11) is 1.69. The van der Waals surface area contributed by atoms with Crippen molar-refractivity contribution in [2.45, 2.75) is 46.2 Å². The zero-order chi connectivity index (χ0) is 16.7. The van der Waals surface area contributed by atoms with Crippen molar-refractivity contribution in [3.05, 3.63) is 23.8 Å². The standard InChI is InChI=1S/C19H32N2O2/c1-5-17(6-2)21-12-10-20(11-13-21)15-16-8-9-18(22-4)19(14-16)23-7-3/h8-9,14,17H,5-7,10-13,15H2,1-4H3. The van der Waals surface area contributed by atoms with Crippen molar-refractivity contribution in [2.75, 3.05) is 39.9 Å². The Kier molecular flexibility index (Phi) is 7.18. The van der Waals surface area contributed by atoms with Crippen LogP contribution in [-0.4, -0.2) is 55.7 Å². The lowest BCUT2D eigenvalue weighted by molar-refractivity contribution is 0.0880. The summed E-state index contributed by atoms with van der Waals surface area (Å²) in [5.74, 6) is 1.66. The van der Waals surface area contributed by atoms with Gasteiger partial charge in [0.05, 0.1) is 13.7 Å². The van der Waals surface area contributed by atoms with Gasteiger partial charge < -0.3 is 9.47 Å². The average Bonchev–Trinajstić information content (AvgIpc) is 2.58. The molecular weight excluding hydrogens is 288 g/mol. The second kappa shape index (κ2) is 9.14. The van der Waals surface area contributed by atoms with E-state index in [4.69, 9.17) is 9.47 Å². The molecule has 0 bridgehead atoms. The molecule has 0 unspecified atom stereocenters. The summed E-state index contributed by atoms with van der Waals surface area (Å²) in [5, 5.41) is 0. The second-order valence-electron chi connectivity index (χ2n) is 6.20. The molecule has 1 aliphatic rings. The maximum Gasteiger partial charge on any atom is 0.161 e. The molecule has 0 N–H and O–H groups in total. The number of methoxy groups -OCH3 is 1. The Hall–Kier alpha value is -1.26. The van der Waals surface area contributed by atoms with E-state index in [-0.39, 0.29) is 0 Å². The van der Waals surface area contributed by atoms with Crippen LogP contribution in [0.4, 0.5) is 0 Å². The third-order valence-corrected chi connectivity index (χ3v) is 4.80. The average molecular weight is 320 g/mol. The van der Waals surface area contributed by atoms with Gasteiger partial charge in [-0.3, -0.25) is 9.80 Å². The first-order valence-electron chi connectivity index (χ1n) is 8.97. The van der Waals surface area contributed by atoms with Crippen LogP contribution in [-0.2, 0) is 6.54 Å². The molecule has 1 fully saturated rings. The maximum absolute atomic E-state index is 5.68. The van der Waals surface area contributed by atoms with Crippen LogP contribution < -0.4 is 9.47 Å². The first-order valence-corrected chi connectivity index (χ1v) is 8.97. The number of rotatable bonds is 8. The van der Waals surface area contributed by atoms with Gasteiger partial charge in [0.1, 0.15) is 0 Å². The van der Waals surface area contributed by atoms with E-state index in [1.54, 1.807) is 7.11 Å². The number of benzene rings is 1. The highest BCUT2D eigenvalue weighted by Gasteiger charge is 2.21. The van der Waals surface area contributed by atoms with E-state index in [2.05, 4.69) is 35.8 Å². The van der Waals surface area contributed by atoms with Crippen LogP contribution in [0.25, 0.3) is 0 Å². The van der Waals surface area contributed by atoms with Crippen molar-refractivity contribution < 1.29 is 9.47 Å². The SMILES string of the molecule is CCOc1cc(CN2CCN(C(CC)CC)CC2)ccc1OC. The first-order chi connectivity index (χ1) is 11.2. The van der Waals surface area contributed by atoms with Crippen LogP contribution in [0.5, 0.6) is 11.5 Å². The number of nitrogens with zero attached hydrogens (tertiary/aromatic N) is 2. The smallest absolute Gasteiger partial charge is 0.161 e. The van der Waals surface area contributed by atoms with Gasteiger partial charge in [-0.1, -0.05) is 19.9 Å². The summed E-state index contributed by atoms with van der Waals surface area (Å²) in [4.78, 5) is 5.19. The molecule has 130 valence electrons. The normalized spacial score (nSPS) is 16.7. The third kappa shape index (κ3) is 4.85. The van der Waals surface area contributed by atoms with E-state index < -0.39 is 0 Å². The summed E-state index contributed by atoms with van der Waals surface area (Å²) in [6.07, 6.45) is 2.51. The summed E-state index contributed by atoms with van der Waals surface area (Å²) >= 11 is 0. The molecule has 1 aliphatic heterocycles. The fourth-order valence-corrected chi connectivity index (χ4v) is 3.44. The number of hydrogen-bond donors (Lipinski definition) is 0. The van der Waals surface area contributed by atoms with Crippen molar-refractivity contribution >= 4 is 0 Å². The van der Waals surface area contributed by atoms with Crippen molar-refractivity contribution in [2.24, 2.45) is 0 Å². The Bertz CT molecular complexity index is 466. The Morgan fingerprint density at radius 2 is 1.70 bits per heavy atom. The van der Waals surface area contributed by atoms with E-state index in [0.29, 0.717) is 6.61 Å². The highest BCUT2D eigenvalue weighted by atomic mass is 16.5. The number of hydrogen-bond acceptors (Lipinski definition) is 4. The largest absolute Gasteiger partial charge is 0.493 e. The molecule has 0 saturated carbocycles. The highest BCUT2D eigenvalue weighted by molar-refractivity contribution is 5.42. The van der Waals surface area contributed by atoms with Crippen molar-refractivity contribution in [1.29, 1.82) is 0 Å². The van der Waals surface area contributed by atoms with Crippen molar-refractivity contribution in [3.8, 4) is 11.5 Å². The van der Waals surface area contributed by atoms with E-state index in [0.717, 1.165) is 37.2 Å². The molecule has 0 amide bonds. The van der Waals surface area contributed by atoms with Gasteiger partial charge in [0, 0.05) is 38.8 Å². The van der Waals surface area contributed by atoms with Crippen LogP contribution in [0, 0.1) is 0 Å². The maximum atomic E-state index is 5.68. The van der Waals surface area contributed by atoms with Gasteiger partial charge in [-0.15, -0.1) is 0 Å². The summed E-state index contributed by atoms with van der Waals surface area (Å²) < 4.78 is 11.0. The van der Waals surface area contributed by atoms with Gasteiger partial charge in [0.2, 0.25) is 0 Å². The Balaban J connectivity index is 1.92. The predicted molar refractivity (Wildman–Crippen MR) is 95.4 cm³/mol. The van der Waals surface area contributed by atoms with Gasteiger partial charge in [0.15, 0.2) is 11.5 Å². The Labute approximate surface area is 141 Å². The van der Waals surface area contributed by atoms with Crippen LogP contribution in [0.15, 0.2) is 18.2 Å². The molecule has 0 aliphatic carbocycles. The zero-order valence-electron chi connectivity index (χ0n) is 15.2. The van der Waals surface area contributed by atoms with E-state index in [1.807, 2.05) is 13.0 Å². The zero-order valence-corrected chi connectivity index (χ0v) is 15.2. The van der Waals surface area contributed by atoms with Gasteiger partial charge in [-0.25, -0.2) is 0 Å². The molecule has 23 heavy (non-hydrogen) atoms. The molecule has 1 saturated heterocycles. The van der Waals surface area contributed by atoms with Gasteiger partial charge >= 0.3 is 0 Å². The van der Waals surface area contributed by atoms with E-state index in [9.17, 15) is 0 Å². The lowest BCUT2D eigenvalue weighted by Crippen LogP contribution is -2.49. The predicted octanol–water partition coefficient (Wildman–Crippen LogP) is 3.40. The molecule has 1 aromatic carbocycles. The lowest BCUT2D eigenvalue weighted by atomic mass is 10.1. The van der Waals surface area contributed by atoms with Gasteiger partial charge in [0.25, 0.3) is 0 Å². The van der Waals surface area contributed by atoms with Crippen molar-refractivity contribution in [3.63, 3.8) is 0 Å². The summed E-state index contributed by atoms with van der Waals surface area (Å²) in [6.45, 7) is 12.9. The summed E-state index contributed by atoms with van der Waals surface area (Å²) in [6, 6.07) is 7.04. The van der Waals surface area contributed by atoms with E-state index in [1.165, 1.54) is 31.5 Å². The number of piperazine rings is 1. The minimum Gasteiger partial charge on any atom is -0.493 e. The minimum absolute atomic E-state index is 0.661. The minimum atomic E-state index is 0.661. The summed E-state index contributed by atoms with van der Waals surface area (Å²) in [5.41, 5.74) is 1.30. The Morgan fingerprint density at radius 3 is 2.26 bits per heavy atom. The number of ether oxygens (including phenoxy) is 2. The van der Waals surface area contributed by atoms with Crippen LogP contribution in [0.1, 0.15) is 39.2 Å². The Morgan fingerprint density at radius 1 is 1.00 bits per heavy atom. The van der Waals surface area contributed by atoms with Gasteiger partial charge in [-0.05, 0) is 37.5 Å². The molecule has 0 atom stereocenters. The van der Waals surface area contributed by atoms with Crippen LogP contribution in [0.3, 0.4) is 0 Å². The molecule has 0 spiro atoms. The molecule has 1 heterocycles. The molecule has 2 rings (SSSR count). The molecular formula is C19H32N2O2. The quantitative estimate of drug-likeness (QED) is 0.733. The molecule has 1 aromatic rings. The lowest BCUT2D eigenvalue weighted by Gasteiger charge is -2.38. The van der Waals surface area contributed by atoms with E-state index >= 15 is 0 Å².